The van der Waals surface area contributed by atoms with Gasteiger partial charge in [0.25, 0.3) is 5.91 Å². The number of hydrogen-bond acceptors (Lipinski definition) is 5. The number of para-hydroxylation sites is 1. The van der Waals surface area contributed by atoms with Gasteiger partial charge in [0.05, 0.1) is 10.0 Å². The molecule has 2 aromatic rings. The highest BCUT2D eigenvalue weighted by molar-refractivity contribution is 6.42. The van der Waals surface area contributed by atoms with Crippen molar-refractivity contribution in [3.8, 4) is 0 Å². The lowest BCUT2D eigenvalue weighted by Crippen LogP contribution is -2.52. The fourth-order valence-electron chi connectivity index (χ4n) is 7.65. The number of urea groups is 1. The number of nitrogens with one attached hydrogen (secondary N) is 1. The van der Waals surface area contributed by atoms with Crippen LogP contribution in [0.4, 0.5) is 15.3 Å². The van der Waals surface area contributed by atoms with Gasteiger partial charge in [0.1, 0.15) is 0 Å². The Kier molecular flexibility index (Phi) is 10.6. The zero-order chi connectivity index (χ0) is 32.2. The van der Waals surface area contributed by atoms with Gasteiger partial charge in [0.2, 0.25) is 0 Å². The first-order valence-electron chi connectivity index (χ1n) is 16.8. The summed E-state index contributed by atoms with van der Waals surface area (Å²) in [6.07, 6.45) is 5.25. The highest BCUT2D eigenvalue weighted by Gasteiger charge is 2.37. The van der Waals surface area contributed by atoms with Crippen LogP contribution < -0.4 is 5.32 Å². The molecular weight excluding hydrogens is 625 g/mol. The zero-order valence-corrected chi connectivity index (χ0v) is 28.1. The molecule has 0 aromatic heterocycles. The van der Waals surface area contributed by atoms with Gasteiger partial charge in [-0.05, 0) is 106 Å². The number of fused-ring (bicyclic) bond motifs is 1. The maximum atomic E-state index is 13.9. The van der Waals surface area contributed by atoms with Crippen LogP contribution in [0.3, 0.4) is 0 Å². The van der Waals surface area contributed by atoms with Crippen molar-refractivity contribution in [1.29, 1.82) is 0 Å². The van der Waals surface area contributed by atoms with Crippen LogP contribution in [0.25, 0.3) is 0 Å². The van der Waals surface area contributed by atoms with Gasteiger partial charge in [-0.15, -0.1) is 0 Å². The largest absolute Gasteiger partial charge is 0.436 e. The van der Waals surface area contributed by atoms with Crippen molar-refractivity contribution in [2.45, 2.75) is 63.5 Å². The van der Waals surface area contributed by atoms with Crippen molar-refractivity contribution >= 4 is 46.9 Å². The number of ether oxygens (including phenoxy) is 1. The minimum Gasteiger partial charge on any atom is -0.436 e. The lowest BCUT2D eigenvalue weighted by molar-refractivity contribution is -0.142. The highest BCUT2D eigenvalue weighted by atomic mass is 35.5. The number of anilines is 1. The maximum Gasteiger partial charge on any atom is 0.410 e. The minimum absolute atomic E-state index is 0.0258. The monoisotopic (exact) mass is 669 g/mol. The normalized spacial score (nSPS) is 21.4. The molecule has 11 heteroatoms. The van der Waals surface area contributed by atoms with Crippen LogP contribution in [0.15, 0.2) is 42.5 Å². The molecule has 46 heavy (non-hydrogen) atoms. The second-order valence-corrected chi connectivity index (χ2v) is 14.2. The molecule has 0 unspecified atom stereocenters. The number of nitrogens with zero attached hydrogens (tertiary/aromatic N) is 4. The molecule has 2 aromatic carbocycles. The molecule has 6 rings (SSSR count). The smallest absolute Gasteiger partial charge is 0.410 e. The first-order chi connectivity index (χ1) is 22.2. The molecule has 3 fully saturated rings. The Balaban J connectivity index is 1.07. The Morgan fingerprint density at radius 1 is 0.848 bits per heavy atom. The van der Waals surface area contributed by atoms with Gasteiger partial charge in [-0.2, -0.15) is 0 Å². The maximum absolute atomic E-state index is 13.9. The van der Waals surface area contributed by atoms with Gasteiger partial charge in [-0.25, -0.2) is 9.59 Å². The number of likely N-dealkylation sites (tertiary alicyclic amines) is 3. The number of carbonyl (C=O) groups is 3. The summed E-state index contributed by atoms with van der Waals surface area (Å²) in [7, 11) is 2.18. The SMILES string of the molecule is CN1CCC(C2CCN(C(=O)[C@@H](Cc3ccc(Cl)c(Cl)c3)OC(=O)N3CCC(N4CCc5ccccc5NC4=O)CC3)CC2)CC1. The summed E-state index contributed by atoms with van der Waals surface area (Å²) in [4.78, 5) is 48.4. The predicted octanol–water partition coefficient (Wildman–Crippen LogP) is 6.18. The molecule has 4 aliphatic heterocycles. The van der Waals surface area contributed by atoms with E-state index in [4.69, 9.17) is 27.9 Å². The van der Waals surface area contributed by atoms with E-state index >= 15 is 0 Å². The molecule has 248 valence electrons. The van der Waals surface area contributed by atoms with Gasteiger partial charge in [-0.1, -0.05) is 47.5 Å². The van der Waals surface area contributed by atoms with Crippen molar-refractivity contribution in [2.75, 3.05) is 58.2 Å². The molecule has 0 spiro atoms. The molecule has 3 saturated heterocycles. The average molecular weight is 671 g/mol. The molecule has 0 saturated carbocycles. The fraction of sp³-hybridized carbons (Fsp3) is 0.571. The quantitative estimate of drug-likeness (QED) is 0.397. The summed E-state index contributed by atoms with van der Waals surface area (Å²) in [6, 6.07) is 13.1. The van der Waals surface area contributed by atoms with E-state index in [-0.39, 0.29) is 24.4 Å². The Hall–Kier alpha value is -3.01. The van der Waals surface area contributed by atoms with E-state index in [1.807, 2.05) is 40.1 Å². The molecule has 0 aliphatic carbocycles. The Morgan fingerprint density at radius 3 is 2.20 bits per heavy atom. The Bertz CT molecular complexity index is 1400. The predicted molar refractivity (Wildman–Crippen MR) is 180 cm³/mol. The summed E-state index contributed by atoms with van der Waals surface area (Å²) in [5, 5.41) is 3.88. The van der Waals surface area contributed by atoms with E-state index in [2.05, 4.69) is 17.3 Å². The summed E-state index contributed by atoms with van der Waals surface area (Å²) in [6.45, 7) is 5.18. The minimum atomic E-state index is -0.961. The number of amides is 4. The number of halogens is 2. The topological polar surface area (TPSA) is 85.4 Å². The first kappa shape index (κ1) is 32.9. The third-order valence-corrected chi connectivity index (χ3v) is 11.2. The zero-order valence-electron chi connectivity index (χ0n) is 26.6. The van der Waals surface area contributed by atoms with Crippen molar-refractivity contribution in [2.24, 2.45) is 11.8 Å². The second-order valence-electron chi connectivity index (χ2n) is 13.4. The number of piperidine rings is 3. The van der Waals surface area contributed by atoms with Crippen molar-refractivity contribution in [3.63, 3.8) is 0 Å². The summed E-state index contributed by atoms with van der Waals surface area (Å²) in [5.41, 5.74) is 2.77. The third kappa shape index (κ3) is 7.75. The van der Waals surface area contributed by atoms with Crippen LogP contribution >= 0.6 is 23.2 Å². The van der Waals surface area contributed by atoms with E-state index in [1.54, 1.807) is 17.0 Å². The standard InChI is InChI=1S/C35H45Cl2N5O4/c1-39-15-8-25(9-16-39)26-10-17-40(18-11-26)33(43)32(23-24-6-7-29(36)30(37)22-24)46-35(45)41-19-13-28(14-20-41)42-21-12-27-4-2-3-5-31(27)38-34(42)44/h2-7,22,25-26,28,32H,8-21,23H2,1H3,(H,38,44)/t32-/m1/s1. The highest BCUT2D eigenvalue weighted by Crippen LogP contribution is 2.33. The Labute approximate surface area is 282 Å². The summed E-state index contributed by atoms with van der Waals surface area (Å²) in [5.74, 6) is 1.20. The number of benzene rings is 2. The first-order valence-corrected chi connectivity index (χ1v) is 17.5. The second kappa shape index (κ2) is 14.8. The Morgan fingerprint density at radius 2 is 1.50 bits per heavy atom. The van der Waals surface area contributed by atoms with Crippen molar-refractivity contribution < 1.29 is 19.1 Å². The average Bonchev–Trinajstić information content (AvgIpc) is 3.24. The van der Waals surface area contributed by atoms with Crippen LogP contribution in [-0.4, -0.2) is 103 Å². The van der Waals surface area contributed by atoms with E-state index < -0.39 is 12.2 Å². The number of hydrogen-bond donors (Lipinski definition) is 1. The van der Waals surface area contributed by atoms with Crippen LogP contribution in [0.5, 0.6) is 0 Å². The van der Waals surface area contributed by atoms with Crippen LogP contribution in [0.1, 0.15) is 49.7 Å². The van der Waals surface area contributed by atoms with E-state index in [0.29, 0.717) is 61.5 Å². The molecule has 4 heterocycles. The van der Waals surface area contributed by atoms with Gasteiger partial charge < -0.3 is 29.7 Å². The molecule has 0 bridgehead atoms. The van der Waals surface area contributed by atoms with Crippen LogP contribution in [0.2, 0.25) is 10.0 Å². The fourth-order valence-corrected chi connectivity index (χ4v) is 7.97. The van der Waals surface area contributed by atoms with Crippen LogP contribution in [0, 0.1) is 11.8 Å². The number of rotatable bonds is 6. The summed E-state index contributed by atoms with van der Waals surface area (Å²) >= 11 is 12.4. The molecule has 1 atom stereocenters. The van der Waals surface area contributed by atoms with E-state index in [1.165, 1.54) is 12.8 Å². The summed E-state index contributed by atoms with van der Waals surface area (Å²) < 4.78 is 6.02. The lowest BCUT2D eigenvalue weighted by atomic mass is 9.79. The van der Waals surface area contributed by atoms with E-state index in [0.717, 1.165) is 55.1 Å². The number of carbonyl (C=O) groups excluding carboxylic acids is 3. The van der Waals surface area contributed by atoms with E-state index in [9.17, 15) is 14.4 Å². The molecule has 4 aliphatic rings. The molecule has 9 nitrogen and oxygen atoms in total. The lowest BCUT2D eigenvalue weighted by Gasteiger charge is -2.40. The van der Waals surface area contributed by atoms with Gasteiger partial charge in [-0.3, -0.25) is 4.79 Å². The molecular formula is C35H45Cl2N5O4. The van der Waals surface area contributed by atoms with Crippen molar-refractivity contribution in [1.82, 2.24) is 19.6 Å². The third-order valence-electron chi connectivity index (χ3n) is 10.5. The van der Waals surface area contributed by atoms with Gasteiger partial charge >= 0.3 is 12.1 Å². The van der Waals surface area contributed by atoms with Crippen LogP contribution in [-0.2, 0) is 22.4 Å². The molecule has 0 radical (unpaired) electrons. The van der Waals surface area contributed by atoms with Gasteiger partial charge in [0.15, 0.2) is 6.10 Å². The molecule has 1 N–H and O–H groups in total. The van der Waals surface area contributed by atoms with Crippen molar-refractivity contribution in [3.05, 3.63) is 63.6 Å². The molecule has 4 amide bonds. The van der Waals surface area contributed by atoms with Gasteiger partial charge in [0, 0.05) is 50.9 Å².